The van der Waals surface area contributed by atoms with Crippen LogP contribution in [0.3, 0.4) is 0 Å². The van der Waals surface area contributed by atoms with E-state index >= 15 is 0 Å². The molecule has 104 valence electrons. The summed E-state index contributed by atoms with van der Waals surface area (Å²) in [4.78, 5) is 10.6. The second-order valence-electron chi connectivity index (χ2n) is 5.02. The summed E-state index contributed by atoms with van der Waals surface area (Å²) in [5.41, 5.74) is 7.10. The Hall–Kier alpha value is -2.08. The van der Waals surface area contributed by atoms with Crippen molar-refractivity contribution in [1.82, 2.24) is 9.78 Å². The largest absolute Gasteiger partial charge is 0.396 e. The Morgan fingerprint density at radius 3 is 2.90 bits per heavy atom. The van der Waals surface area contributed by atoms with Gasteiger partial charge in [0.1, 0.15) is 5.69 Å². The first kappa shape index (κ1) is 12.9. The maximum absolute atomic E-state index is 11.1. The highest BCUT2D eigenvalue weighted by Gasteiger charge is 2.24. The van der Waals surface area contributed by atoms with Gasteiger partial charge in [0, 0.05) is 23.8 Å². The molecular weight excluding hydrogens is 280 g/mol. The van der Waals surface area contributed by atoms with Crippen molar-refractivity contribution in [3.63, 3.8) is 0 Å². The first-order valence-corrected chi connectivity index (χ1v) is 6.69. The zero-order valence-electron chi connectivity index (χ0n) is 10.6. The Kier molecular flexibility index (Phi) is 3.10. The maximum Gasteiger partial charge on any atom is 0.279 e. The summed E-state index contributed by atoms with van der Waals surface area (Å²) in [5.74, 6) is 0.650. The fourth-order valence-corrected chi connectivity index (χ4v) is 2.33. The van der Waals surface area contributed by atoms with Gasteiger partial charge in [-0.3, -0.25) is 14.8 Å². The van der Waals surface area contributed by atoms with Crippen molar-refractivity contribution in [3.05, 3.63) is 39.5 Å². The topological polar surface area (TPSA) is 87.0 Å². The standard InChI is InChI=1S/C13H13ClN4O2/c14-9-3-4-12(18(19)20)10(5-9)13-11(15)7-17(16-13)6-8-1-2-8/h3-5,7-8H,1-2,6,15H2. The third-order valence-electron chi connectivity index (χ3n) is 3.34. The third kappa shape index (κ3) is 2.46. The number of nitrogen functional groups attached to an aromatic ring is 1. The average Bonchev–Trinajstić information content (AvgIpc) is 3.11. The van der Waals surface area contributed by atoms with E-state index in [0.717, 1.165) is 6.54 Å². The van der Waals surface area contributed by atoms with E-state index < -0.39 is 4.92 Å². The second-order valence-corrected chi connectivity index (χ2v) is 5.45. The van der Waals surface area contributed by atoms with Crippen LogP contribution in [0.2, 0.25) is 5.02 Å². The molecule has 0 saturated heterocycles. The van der Waals surface area contributed by atoms with Crippen LogP contribution in [-0.2, 0) is 6.54 Å². The Morgan fingerprint density at radius 1 is 1.50 bits per heavy atom. The number of anilines is 1. The number of hydrogen-bond acceptors (Lipinski definition) is 4. The van der Waals surface area contributed by atoms with Gasteiger partial charge in [-0.2, -0.15) is 5.10 Å². The van der Waals surface area contributed by atoms with Crippen LogP contribution in [0.5, 0.6) is 0 Å². The number of nitro benzene ring substituents is 1. The van der Waals surface area contributed by atoms with Crippen LogP contribution in [0.15, 0.2) is 24.4 Å². The van der Waals surface area contributed by atoms with Gasteiger partial charge in [0.15, 0.2) is 0 Å². The Morgan fingerprint density at radius 2 is 2.25 bits per heavy atom. The number of nitrogens with zero attached hydrogens (tertiary/aromatic N) is 3. The number of halogens is 1. The highest BCUT2D eigenvalue weighted by atomic mass is 35.5. The normalized spacial score (nSPS) is 14.4. The summed E-state index contributed by atoms with van der Waals surface area (Å²) in [6, 6.07) is 4.39. The summed E-state index contributed by atoms with van der Waals surface area (Å²) in [6.45, 7) is 0.804. The van der Waals surface area contributed by atoms with Crippen molar-refractivity contribution in [2.45, 2.75) is 19.4 Å². The molecule has 7 heteroatoms. The minimum Gasteiger partial charge on any atom is -0.396 e. The van der Waals surface area contributed by atoms with Crippen LogP contribution in [0.1, 0.15) is 12.8 Å². The highest BCUT2D eigenvalue weighted by molar-refractivity contribution is 6.31. The van der Waals surface area contributed by atoms with Gasteiger partial charge < -0.3 is 5.73 Å². The SMILES string of the molecule is Nc1cn(CC2CC2)nc1-c1cc(Cl)ccc1[N+](=O)[O-]. The van der Waals surface area contributed by atoms with E-state index in [-0.39, 0.29) is 5.69 Å². The van der Waals surface area contributed by atoms with Gasteiger partial charge in [-0.25, -0.2) is 0 Å². The van der Waals surface area contributed by atoms with Gasteiger partial charge in [0.25, 0.3) is 5.69 Å². The van der Waals surface area contributed by atoms with E-state index in [9.17, 15) is 10.1 Å². The van der Waals surface area contributed by atoms with Crippen LogP contribution in [-0.4, -0.2) is 14.7 Å². The summed E-state index contributed by atoms with van der Waals surface area (Å²) >= 11 is 5.93. The average molecular weight is 293 g/mol. The molecule has 1 saturated carbocycles. The lowest BCUT2D eigenvalue weighted by atomic mass is 10.1. The molecule has 2 aromatic rings. The lowest BCUT2D eigenvalue weighted by molar-refractivity contribution is -0.384. The molecule has 20 heavy (non-hydrogen) atoms. The van der Waals surface area contributed by atoms with Crippen LogP contribution < -0.4 is 5.73 Å². The molecule has 1 heterocycles. The summed E-state index contributed by atoms with van der Waals surface area (Å²) in [7, 11) is 0. The van der Waals surface area contributed by atoms with Crippen molar-refractivity contribution in [3.8, 4) is 11.3 Å². The summed E-state index contributed by atoms with van der Waals surface area (Å²) in [6.07, 6.45) is 4.12. The smallest absolute Gasteiger partial charge is 0.279 e. The van der Waals surface area contributed by atoms with Crippen molar-refractivity contribution in [2.75, 3.05) is 5.73 Å². The maximum atomic E-state index is 11.1. The van der Waals surface area contributed by atoms with Crippen LogP contribution in [0, 0.1) is 16.0 Å². The lowest BCUT2D eigenvalue weighted by Gasteiger charge is -2.02. The monoisotopic (exact) mass is 292 g/mol. The number of nitrogens with two attached hydrogens (primary N) is 1. The van der Waals surface area contributed by atoms with Crippen LogP contribution in [0.25, 0.3) is 11.3 Å². The fourth-order valence-electron chi connectivity index (χ4n) is 2.16. The molecule has 1 aromatic carbocycles. The van der Waals surface area contributed by atoms with E-state index in [2.05, 4.69) is 5.10 Å². The quantitative estimate of drug-likeness (QED) is 0.693. The molecule has 0 aliphatic heterocycles. The predicted octanol–water partition coefficient (Wildman–Crippen LogP) is 3.10. The fraction of sp³-hybridized carbons (Fsp3) is 0.308. The molecule has 1 aliphatic rings. The molecule has 0 atom stereocenters. The minimum atomic E-state index is -0.453. The van der Waals surface area contributed by atoms with Gasteiger partial charge in [-0.15, -0.1) is 0 Å². The molecule has 1 aromatic heterocycles. The third-order valence-corrected chi connectivity index (χ3v) is 3.58. The number of nitro groups is 1. The molecule has 1 aliphatic carbocycles. The molecule has 1 fully saturated rings. The number of aromatic nitrogens is 2. The van der Waals surface area contributed by atoms with E-state index in [1.54, 1.807) is 10.9 Å². The van der Waals surface area contributed by atoms with Gasteiger partial charge in [-0.1, -0.05) is 11.6 Å². The number of benzene rings is 1. The predicted molar refractivity (Wildman–Crippen MR) is 76.5 cm³/mol. The second kappa shape index (κ2) is 4.79. The minimum absolute atomic E-state index is 0.0437. The molecule has 3 rings (SSSR count). The first-order valence-electron chi connectivity index (χ1n) is 6.32. The molecule has 2 N–H and O–H groups in total. The summed E-state index contributed by atoms with van der Waals surface area (Å²) < 4.78 is 1.76. The van der Waals surface area contributed by atoms with Crippen LogP contribution in [0.4, 0.5) is 11.4 Å². The van der Waals surface area contributed by atoms with Crippen molar-refractivity contribution < 1.29 is 4.92 Å². The van der Waals surface area contributed by atoms with Crippen molar-refractivity contribution in [1.29, 1.82) is 0 Å². The van der Waals surface area contributed by atoms with Gasteiger partial charge in [0.05, 0.1) is 16.2 Å². The molecule has 0 bridgehead atoms. The molecule has 0 radical (unpaired) electrons. The van der Waals surface area contributed by atoms with Crippen LogP contribution >= 0.6 is 11.6 Å². The van der Waals surface area contributed by atoms with E-state index in [4.69, 9.17) is 17.3 Å². The molecular formula is C13H13ClN4O2. The van der Waals surface area contributed by atoms with E-state index in [0.29, 0.717) is 27.9 Å². The molecule has 0 spiro atoms. The summed E-state index contributed by atoms with van der Waals surface area (Å²) in [5, 5.41) is 15.9. The Balaban J connectivity index is 2.05. The van der Waals surface area contributed by atoms with Gasteiger partial charge in [-0.05, 0) is 30.9 Å². The molecule has 6 nitrogen and oxygen atoms in total. The van der Waals surface area contributed by atoms with Gasteiger partial charge >= 0.3 is 0 Å². The first-order chi connectivity index (χ1) is 9.54. The van der Waals surface area contributed by atoms with E-state index in [1.807, 2.05) is 0 Å². The zero-order valence-corrected chi connectivity index (χ0v) is 11.4. The highest BCUT2D eigenvalue weighted by Crippen LogP contribution is 2.36. The lowest BCUT2D eigenvalue weighted by Crippen LogP contribution is -2.00. The molecule has 0 amide bonds. The zero-order chi connectivity index (χ0) is 14.3. The van der Waals surface area contributed by atoms with E-state index in [1.165, 1.54) is 31.0 Å². The number of hydrogen-bond donors (Lipinski definition) is 1. The number of rotatable bonds is 4. The molecule has 0 unspecified atom stereocenters. The van der Waals surface area contributed by atoms with Crippen molar-refractivity contribution in [2.24, 2.45) is 5.92 Å². The van der Waals surface area contributed by atoms with Gasteiger partial charge in [0.2, 0.25) is 0 Å². The van der Waals surface area contributed by atoms with Crippen molar-refractivity contribution >= 4 is 23.0 Å². The Bertz CT molecular complexity index is 679. The Labute approximate surface area is 120 Å².